The monoisotopic (exact) mass is 736 g/mol. The van der Waals surface area contributed by atoms with Crippen LogP contribution in [0.3, 0.4) is 0 Å². The molecule has 10 heteroatoms. The van der Waals surface area contributed by atoms with Crippen LogP contribution >= 0.6 is 7.82 Å². The fourth-order valence-electron chi connectivity index (χ4n) is 4.95. The second kappa shape index (κ2) is 35.8. The van der Waals surface area contributed by atoms with Gasteiger partial charge in [-0.15, -0.1) is 0 Å². The maximum atomic E-state index is 12.4. The largest absolute Gasteiger partial charge is 0.469 e. The first kappa shape index (κ1) is 48.5. The minimum Gasteiger partial charge on any atom is -0.462 e. The lowest BCUT2D eigenvalue weighted by Gasteiger charge is -2.18. The number of phosphoric acid groups is 1. The van der Waals surface area contributed by atoms with Gasteiger partial charge in [-0.1, -0.05) is 164 Å². The molecule has 0 amide bonds. The molecule has 292 valence electrons. The van der Waals surface area contributed by atoms with Gasteiger partial charge >= 0.3 is 19.8 Å². The van der Waals surface area contributed by atoms with E-state index in [9.17, 15) is 19.3 Å². The van der Waals surface area contributed by atoms with Crippen molar-refractivity contribution in [3.8, 4) is 0 Å². The predicted molar refractivity (Wildman–Crippen MR) is 208 cm³/mol. The molecule has 0 aliphatic heterocycles. The van der Waals surface area contributed by atoms with Gasteiger partial charge in [0.25, 0.3) is 0 Å². The molecule has 0 aliphatic rings. The molecule has 0 aromatic carbocycles. The number of hydrogen-bond acceptors (Lipinski definition) is 7. The molecule has 0 radical (unpaired) electrons. The van der Waals surface area contributed by atoms with Crippen LogP contribution in [0.1, 0.15) is 149 Å². The Kier molecular flexibility index (Phi) is 34.0. The average Bonchev–Trinajstić information content (AvgIpc) is 3.10. The standard InChI is InChI=1S/C41H69O9P/c1-3-5-7-9-11-13-15-17-18-19-21-22-24-26-28-30-32-38(42)34-35-41(44)50-39(37-49-51(45,46)47)36-48-40(43)33-31-29-27-25-23-20-16-14-12-10-8-6-4-2/h5,7,11,13,17-18,21-22,26,28,30,32,38-39,42H,3-4,6,8-10,12,14-16,19-20,23-25,27,29,31,33-37H2,1-2H3,(H2,45,46,47)/b7-5-,13-11-,18-17-,22-21-,28-26-,32-30-/t38?,39-/m1/s1. The van der Waals surface area contributed by atoms with Gasteiger partial charge in [0.15, 0.2) is 6.10 Å². The first-order valence-electron chi connectivity index (χ1n) is 19.3. The summed E-state index contributed by atoms with van der Waals surface area (Å²) in [5.41, 5.74) is 0. The molecule has 0 saturated heterocycles. The van der Waals surface area contributed by atoms with Crippen molar-refractivity contribution < 1.29 is 43.0 Å². The number of ether oxygens (including phenoxy) is 2. The second-order valence-corrected chi connectivity index (χ2v) is 14.0. The molecule has 0 rings (SSSR count). The molecule has 0 bridgehead atoms. The molecule has 0 saturated carbocycles. The first-order valence-corrected chi connectivity index (χ1v) is 20.9. The number of unbranched alkanes of at least 4 members (excludes halogenated alkanes) is 12. The van der Waals surface area contributed by atoms with E-state index in [-0.39, 0.29) is 25.9 Å². The number of carbonyl (C=O) groups excluding carboxylic acids is 2. The van der Waals surface area contributed by atoms with E-state index in [0.29, 0.717) is 6.42 Å². The first-order chi connectivity index (χ1) is 24.7. The van der Waals surface area contributed by atoms with Gasteiger partial charge in [-0.3, -0.25) is 14.1 Å². The van der Waals surface area contributed by atoms with Crippen molar-refractivity contribution in [3.05, 3.63) is 72.9 Å². The Balaban J connectivity index is 4.23. The van der Waals surface area contributed by atoms with Crippen molar-refractivity contribution in [1.29, 1.82) is 0 Å². The number of phosphoric ester groups is 1. The van der Waals surface area contributed by atoms with Crippen molar-refractivity contribution in [3.63, 3.8) is 0 Å². The zero-order chi connectivity index (χ0) is 37.7. The van der Waals surface area contributed by atoms with Crippen molar-refractivity contribution in [2.24, 2.45) is 0 Å². The fraction of sp³-hybridized carbons (Fsp3) is 0.659. The summed E-state index contributed by atoms with van der Waals surface area (Å²) < 4.78 is 26.1. The zero-order valence-corrected chi connectivity index (χ0v) is 32.5. The van der Waals surface area contributed by atoms with Gasteiger partial charge in [-0.05, 0) is 44.9 Å². The summed E-state index contributed by atoms with van der Waals surface area (Å²) in [4.78, 5) is 42.7. The average molecular weight is 737 g/mol. The summed E-state index contributed by atoms with van der Waals surface area (Å²) >= 11 is 0. The molecule has 1 unspecified atom stereocenters. The van der Waals surface area contributed by atoms with E-state index in [1.165, 1.54) is 57.8 Å². The molecule has 0 heterocycles. The SMILES string of the molecule is CC/C=C\C/C=C\C/C=C\C/C=C\C/C=C\C=C/C(O)CCC(=O)O[C@H](COC(=O)CCCCCCCCCCCCCCC)COP(=O)(O)O. The summed E-state index contributed by atoms with van der Waals surface area (Å²) in [5, 5.41) is 10.2. The normalized spacial score (nSPS) is 13.9. The van der Waals surface area contributed by atoms with Gasteiger partial charge in [0.2, 0.25) is 0 Å². The summed E-state index contributed by atoms with van der Waals surface area (Å²) in [6, 6.07) is 0. The Morgan fingerprint density at radius 1 is 0.608 bits per heavy atom. The van der Waals surface area contributed by atoms with Crippen LogP contribution in [-0.4, -0.2) is 52.3 Å². The Morgan fingerprint density at radius 2 is 1.10 bits per heavy atom. The van der Waals surface area contributed by atoms with E-state index in [1.807, 2.05) is 12.2 Å². The van der Waals surface area contributed by atoms with Crippen LogP contribution in [0, 0.1) is 0 Å². The van der Waals surface area contributed by atoms with E-state index in [0.717, 1.165) is 51.4 Å². The molecular weight excluding hydrogens is 667 g/mol. The summed E-state index contributed by atoms with van der Waals surface area (Å²) in [5.74, 6) is -1.17. The van der Waals surface area contributed by atoms with Crippen LogP contribution in [-0.2, 0) is 28.2 Å². The fourth-order valence-corrected chi connectivity index (χ4v) is 5.31. The smallest absolute Gasteiger partial charge is 0.462 e. The molecule has 0 spiro atoms. The lowest BCUT2D eigenvalue weighted by molar-refractivity contribution is -0.161. The lowest BCUT2D eigenvalue weighted by atomic mass is 10.0. The Hall–Kier alpha value is -2.55. The van der Waals surface area contributed by atoms with Gasteiger partial charge in [0.05, 0.1) is 12.7 Å². The van der Waals surface area contributed by atoms with Crippen LogP contribution in [0.25, 0.3) is 0 Å². The van der Waals surface area contributed by atoms with E-state index in [2.05, 4.69) is 67.0 Å². The number of aliphatic hydroxyl groups is 1. The topological polar surface area (TPSA) is 140 Å². The summed E-state index contributed by atoms with van der Waals surface area (Å²) in [7, 11) is -4.82. The predicted octanol–water partition coefficient (Wildman–Crippen LogP) is 10.5. The molecule has 9 nitrogen and oxygen atoms in total. The highest BCUT2D eigenvalue weighted by Gasteiger charge is 2.23. The molecule has 51 heavy (non-hydrogen) atoms. The van der Waals surface area contributed by atoms with Crippen LogP contribution in [0.15, 0.2) is 72.9 Å². The van der Waals surface area contributed by atoms with E-state index >= 15 is 0 Å². The van der Waals surface area contributed by atoms with E-state index in [4.69, 9.17) is 19.3 Å². The summed E-state index contributed by atoms with van der Waals surface area (Å²) in [6.07, 6.45) is 42.4. The number of rotatable bonds is 34. The Bertz CT molecular complexity index is 1070. The Morgan fingerprint density at radius 3 is 1.61 bits per heavy atom. The molecule has 0 aliphatic carbocycles. The number of carbonyl (C=O) groups is 2. The minimum absolute atomic E-state index is 0.0882. The highest BCUT2D eigenvalue weighted by Crippen LogP contribution is 2.36. The van der Waals surface area contributed by atoms with Crippen LogP contribution in [0.4, 0.5) is 0 Å². The number of hydrogen-bond donors (Lipinski definition) is 3. The minimum atomic E-state index is -4.82. The third kappa shape index (κ3) is 38.5. The molecule has 0 aromatic rings. The third-order valence-electron chi connectivity index (χ3n) is 7.86. The highest BCUT2D eigenvalue weighted by molar-refractivity contribution is 7.46. The second-order valence-electron chi connectivity index (χ2n) is 12.7. The van der Waals surface area contributed by atoms with E-state index in [1.54, 1.807) is 12.2 Å². The summed E-state index contributed by atoms with van der Waals surface area (Å²) in [6.45, 7) is 3.35. The maximum Gasteiger partial charge on any atom is 0.469 e. The van der Waals surface area contributed by atoms with Crippen molar-refractivity contribution in [1.82, 2.24) is 0 Å². The van der Waals surface area contributed by atoms with Crippen LogP contribution in [0.5, 0.6) is 0 Å². The van der Waals surface area contributed by atoms with Gasteiger partial charge in [-0.2, -0.15) is 0 Å². The van der Waals surface area contributed by atoms with Gasteiger partial charge in [-0.25, -0.2) is 4.57 Å². The number of aliphatic hydroxyl groups excluding tert-OH is 1. The highest BCUT2D eigenvalue weighted by atomic mass is 31.2. The lowest BCUT2D eigenvalue weighted by Crippen LogP contribution is -2.29. The zero-order valence-electron chi connectivity index (χ0n) is 31.6. The van der Waals surface area contributed by atoms with Gasteiger partial charge in [0.1, 0.15) is 6.61 Å². The number of esters is 2. The van der Waals surface area contributed by atoms with Crippen molar-refractivity contribution >= 4 is 19.8 Å². The van der Waals surface area contributed by atoms with Crippen molar-refractivity contribution in [2.45, 2.75) is 161 Å². The molecule has 3 N–H and O–H groups in total. The molecular formula is C41H69O9P. The molecule has 2 atom stereocenters. The molecule has 0 aromatic heterocycles. The van der Waals surface area contributed by atoms with Gasteiger partial charge < -0.3 is 24.4 Å². The third-order valence-corrected chi connectivity index (χ3v) is 8.34. The number of allylic oxidation sites excluding steroid dienone is 11. The maximum absolute atomic E-state index is 12.4. The van der Waals surface area contributed by atoms with Crippen LogP contribution < -0.4 is 0 Å². The molecule has 0 fully saturated rings. The van der Waals surface area contributed by atoms with Gasteiger partial charge in [0, 0.05) is 12.8 Å². The van der Waals surface area contributed by atoms with E-state index < -0.39 is 38.6 Å². The quantitative estimate of drug-likeness (QED) is 0.0194. The Labute approximate surface area is 309 Å². The van der Waals surface area contributed by atoms with Crippen LogP contribution in [0.2, 0.25) is 0 Å². The van der Waals surface area contributed by atoms with Crippen molar-refractivity contribution in [2.75, 3.05) is 13.2 Å².